The normalized spacial score (nSPS) is 10.3. The number of amides is 2. The van der Waals surface area contributed by atoms with Crippen LogP contribution in [-0.2, 0) is 4.79 Å². The zero-order chi connectivity index (χ0) is 19.6. The summed E-state index contributed by atoms with van der Waals surface area (Å²) in [5.74, 6) is -0.166. The number of anilines is 2. The van der Waals surface area contributed by atoms with Gasteiger partial charge in [0.2, 0.25) is 5.91 Å². The van der Waals surface area contributed by atoms with Crippen LogP contribution < -0.4 is 10.6 Å². The zero-order valence-corrected chi connectivity index (χ0v) is 17.4. The molecule has 0 unspecified atom stereocenters. The van der Waals surface area contributed by atoms with Gasteiger partial charge in [0, 0.05) is 34.5 Å². The quantitative estimate of drug-likeness (QED) is 0.601. The van der Waals surface area contributed by atoms with Crippen molar-refractivity contribution in [3.05, 3.63) is 58.6 Å². The molecule has 0 spiro atoms. The molecule has 5 nitrogen and oxygen atoms in total. The van der Waals surface area contributed by atoms with E-state index in [0.717, 1.165) is 36.1 Å². The van der Waals surface area contributed by atoms with Gasteiger partial charge in [0.25, 0.3) is 5.91 Å². The van der Waals surface area contributed by atoms with E-state index in [4.69, 9.17) is 0 Å². The molecule has 0 aliphatic rings. The van der Waals surface area contributed by atoms with E-state index < -0.39 is 0 Å². The highest BCUT2D eigenvalue weighted by Gasteiger charge is 2.15. The number of halogens is 1. The van der Waals surface area contributed by atoms with E-state index in [0.29, 0.717) is 11.3 Å². The summed E-state index contributed by atoms with van der Waals surface area (Å²) in [5, 5.41) is 5.92. The average Bonchev–Trinajstić information content (AvgIpc) is 2.66. The van der Waals surface area contributed by atoms with Crippen LogP contribution in [0.15, 0.2) is 53.0 Å². The van der Waals surface area contributed by atoms with Crippen molar-refractivity contribution in [2.24, 2.45) is 0 Å². The molecule has 0 aliphatic carbocycles. The lowest BCUT2D eigenvalue weighted by molar-refractivity contribution is -0.114. The van der Waals surface area contributed by atoms with Gasteiger partial charge in [-0.05, 0) is 49.2 Å². The van der Waals surface area contributed by atoms with Crippen LogP contribution in [0, 0.1) is 0 Å². The van der Waals surface area contributed by atoms with Crippen LogP contribution in [0.1, 0.15) is 37.0 Å². The first-order valence-electron chi connectivity index (χ1n) is 9.22. The smallest absolute Gasteiger partial charge is 0.253 e. The molecule has 2 N–H and O–H groups in total. The minimum atomic E-state index is -0.168. The Morgan fingerprint density at radius 1 is 0.963 bits per heavy atom. The first-order valence-corrected chi connectivity index (χ1v) is 10.0. The lowest BCUT2D eigenvalue weighted by Gasteiger charge is -2.21. The van der Waals surface area contributed by atoms with Gasteiger partial charge in [0.05, 0.1) is 6.54 Å². The van der Waals surface area contributed by atoms with Gasteiger partial charge in [0.1, 0.15) is 0 Å². The lowest BCUT2D eigenvalue weighted by Crippen LogP contribution is -2.32. The molecule has 0 aromatic heterocycles. The highest BCUT2D eigenvalue weighted by molar-refractivity contribution is 9.10. The summed E-state index contributed by atoms with van der Waals surface area (Å²) >= 11 is 3.40. The number of carbonyl (C=O) groups is 2. The number of carbonyl (C=O) groups excluding carboxylic acids is 2. The Morgan fingerprint density at radius 2 is 1.63 bits per heavy atom. The second-order valence-corrected chi connectivity index (χ2v) is 7.20. The fraction of sp³-hybridized carbons (Fsp3) is 0.333. The Hall–Kier alpha value is -2.34. The van der Waals surface area contributed by atoms with E-state index in [1.165, 1.54) is 0 Å². The van der Waals surface area contributed by atoms with Crippen LogP contribution in [0.5, 0.6) is 0 Å². The molecule has 2 aromatic carbocycles. The first kappa shape index (κ1) is 21.0. The number of nitrogens with one attached hydrogen (secondary N) is 2. The fourth-order valence-corrected chi connectivity index (χ4v) is 3.15. The predicted octanol–water partition coefficient (Wildman–Crippen LogP) is 4.76. The van der Waals surface area contributed by atoms with Gasteiger partial charge >= 0.3 is 0 Å². The van der Waals surface area contributed by atoms with E-state index in [2.05, 4.69) is 40.4 Å². The molecule has 0 heterocycles. The van der Waals surface area contributed by atoms with E-state index in [-0.39, 0.29) is 18.4 Å². The minimum absolute atomic E-state index is 0.00191. The zero-order valence-electron chi connectivity index (χ0n) is 15.8. The number of nitrogens with zero attached hydrogens (tertiary/aromatic N) is 1. The molecule has 0 atom stereocenters. The van der Waals surface area contributed by atoms with Gasteiger partial charge in [0.15, 0.2) is 0 Å². The molecule has 2 aromatic rings. The fourth-order valence-electron chi connectivity index (χ4n) is 2.75. The molecule has 0 bridgehead atoms. The molecule has 2 amide bonds. The number of hydrogen-bond donors (Lipinski definition) is 2. The standard InChI is InChI=1S/C21H26BrN3O2/c1-3-11-25(12-4-2)21(27)16-7-5-10-19(13-16)24-20(26)15-23-18-9-6-8-17(22)14-18/h5-10,13-14,23H,3-4,11-12,15H2,1-2H3,(H,24,26). The summed E-state index contributed by atoms with van der Waals surface area (Å²) in [5.41, 5.74) is 2.07. The molecule has 2 rings (SSSR count). The van der Waals surface area contributed by atoms with Crippen LogP contribution in [-0.4, -0.2) is 36.3 Å². The summed E-state index contributed by atoms with van der Waals surface area (Å²) in [4.78, 5) is 26.8. The summed E-state index contributed by atoms with van der Waals surface area (Å²) in [6.45, 7) is 5.74. The van der Waals surface area contributed by atoms with Crippen LogP contribution in [0.2, 0.25) is 0 Å². The van der Waals surface area contributed by atoms with Crippen molar-refractivity contribution in [3.8, 4) is 0 Å². The Bertz CT molecular complexity index is 774. The third kappa shape index (κ3) is 6.71. The second kappa shape index (κ2) is 10.7. The van der Waals surface area contributed by atoms with Crippen LogP contribution in [0.3, 0.4) is 0 Å². The maximum Gasteiger partial charge on any atom is 0.253 e. The Morgan fingerprint density at radius 3 is 2.30 bits per heavy atom. The molecule has 0 fully saturated rings. The molecule has 27 heavy (non-hydrogen) atoms. The molecular formula is C21H26BrN3O2. The number of benzene rings is 2. The van der Waals surface area contributed by atoms with Crippen molar-refractivity contribution in [1.29, 1.82) is 0 Å². The molecule has 6 heteroatoms. The van der Waals surface area contributed by atoms with E-state index in [1.807, 2.05) is 29.2 Å². The monoisotopic (exact) mass is 431 g/mol. The summed E-state index contributed by atoms with van der Waals surface area (Å²) < 4.78 is 0.947. The maximum atomic E-state index is 12.7. The summed E-state index contributed by atoms with van der Waals surface area (Å²) in [6, 6.07) is 14.7. The number of rotatable bonds is 9. The molecule has 144 valence electrons. The molecule has 0 saturated carbocycles. The van der Waals surface area contributed by atoms with Gasteiger partial charge in [-0.15, -0.1) is 0 Å². The van der Waals surface area contributed by atoms with Gasteiger partial charge in [-0.3, -0.25) is 9.59 Å². The van der Waals surface area contributed by atoms with Gasteiger partial charge < -0.3 is 15.5 Å². The lowest BCUT2D eigenvalue weighted by atomic mass is 10.1. The topological polar surface area (TPSA) is 61.4 Å². The summed E-state index contributed by atoms with van der Waals surface area (Å²) in [6.07, 6.45) is 1.84. The summed E-state index contributed by atoms with van der Waals surface area (Å²) in [7, 11) is 0. The van der Waals surface area contributed by atoms with Gasteiger partial charge in [-0.1, -0.05) is 41.9 Å². The van der Waals surface area contributed by atoms with Crippen molar-refractivity contribution >= 4 is 39.1 Å². The van der Waals surface area contributed by atoms with Crippen molar-refractivity contribution in [2.45, 2.75) is 26.7 Å². The van der Waals surface area contributed by atoms with Crippen molar-refractivity contribution in [2.75, 3.05) is 30.3 Å². The van der Waals surface area contributed by atoms with Gasteiger partial charge in [-0.2, -0.15) is 0 Å². The van der Waals surface area contributed by atoms with Crippen molar-refractivity contribution in [3.63, 3.8) is 0 Å². The van der Waals surface area contributed by atoms with Crippen molar-refractivity contribution < 1.29 is 9.59 Å². The van der Waals surface area contributed by atoms with Crippen LogP contribution >= 0.6 is 15.9 Å². The maximum absolute atomic E-state index is 12.7. The number of hydrogen-bond acceptors (Lipinski definition) is 3. The van der Waals surface area contributed by atoms with E-state index >= 15 is 0 Å². The largest absolute Gasteiger partial charge is 0.376 e. The van der Waals surface area contributed by atoms with Crippen molar-refractivity contribution in [1.82, 2.24) is 4.90 Å². The SMILES string of the molecule is CCCN(CCC)C(=O)c1cccc(NC(=O)CNc2cccc(Br)c2)c1. The predicted molar refractivity (Wildman–Crippen MR) is 114 cm³/mol. The Labute approximate surface area is 169 Å². The van der Waals surface area contributed by atoms with Crippen LogP contribution in [0.4, 0.5) is 11.4 Å². The average molecular weight is 432 g/mol. The Balaban J connectivity index is 1.97. The molecule has 0 aliphatic heterocycles. The molecule has 0 radical (unpaired) electrons. The van der Waals surface area contributed by atoms with Gasteiger partial charge in [-0.25, -0.2) is 0 Å². The molecular weight excluding hydrogens is 406 g/mol. The second-order valence-electron chi connectivity index (χ2n) is 6.29. The minimum Gasteiger partial charge on any atom is -0.376 e. The first-order chi connectivity index (χ1) is 13.0. The van der Waals surface area contributed by atoms with E-state index in [1.54, 1.807) is 24.3 Å². The highest BCUT2D eigenvalue weighted by Crippen LogP contribution is 2.16. The van der Waals surface area contributed by atoms with E-state index in [9.17, 15) is 9.59 Å². The van der Waals surface area contributed by atoms with Crippen LogP contribution in [0.25, 0.3) is 0 Å². The Kier molecular flexibility index (Phi) is 8.33. The third-order valence-electron chi connectivity index (χ3n) is 3.95. The molecule has 0 saturated heterocycles. The third-order valence-corrected chi connectivity index (χ3v) is 4.44. The highest BCUT2D eigenvalue weighted by atomic mass is 79.9.